The molecule has 0 aromatic heterocycles. The number of hydrogen-bond acceptors (Lipinski definition) is 3. The molecule has 0 spiro atoms. The van der Waals surface area contributed by atoms with Gasteiger partial charge in [0.25, 0.3) is 0 Å². The maximum atomic E-state index is 11.3. The third-order valence-electron chi connectivity index (χ3n) is 3.01. The molecule has 0 bridgehead atoms. The maximum Gasteiger partial charge on any atom is 0.211 e. The van der Waals surface area contributed by atoms with Crippen LogP contribution in [-0.4, -0.2) is 45.2 Å². The first-order chi connectivity index (χ1) is 7.54. The van der Waals surface area contributed by atoms with Crippen molar-refractivity contribution >= 4 is 10.0 Å². The van der Waals surface area contributed by atoms with E-state index >= 15 is 0 Å². The Morgan fingerprint density at radius 2 is 2.00 bits per heavy atom. The van der Waals surface area contributed by atoms with Gasteiger partial charge in [-0.05, 0) is 31.8 Å². The Labute approximate surface area is 99.5 Å². The molecule has 0 atom stereocenters. The van der Waals surface area contributed by atoms with Crippen LogP contribution in [0, 0.1) is 5.92 Å². The average Bonchev–Trinajstić information content (AvgIpc) is 2.98. The van der Waals surface area contributed by atoms with E-state index in [2.05, 4.69) is 5.32 Å². The summed E-state index contributed by atoms with van der Waals surface area (Å²) < 4.78 is 24.1. The molecule has 1 fully saturated rings. The Hall–Kier alpha value is -0.130. The van der Waals surface area contributed by atoms with Crippen LogP contribution in [0.3, 0.4) is 0 Å². The van der Waals surface area contributed by atoms with E-state index in [0.29, 0.717) is 13.1 Å². The largest absolute Gasteiger partial charge is 0.317 e. The number of hydrogen-bond donors (Lipinski definition) is 1. The van der Waals surface area contributed by atoms with Crippen LogP contribution in [0.2, 0.25) is 0 Å². The molecule has 1 N–H and O–H groups in total. The van der Waals surface area contributed by atoms with Crippen molar-refractivity contribution in [3.8, 4) is 0 Å². The van der Waals surface area contributed by atoms with Crippen LogP contribution in [0.15, 0.2) is 0 Å². The summed E-state index contributed by atoms with van der Waals surface area (Å²) in [7, 11) is -3.01. The van der Waals surface area contributed by atoms with E-state index < -0.39 is 10.0 Å². The van der Waals surface area contributed by atoms with Crippen molar-refractivity contribution in [2.45, 2.75) is 32.6 Å². The first-order valence-corrected chi connectivity index (χ1v) is 8.04. The lowest BCUT2D eigenvalue weighted by Gasteiger charge is -2.17. The van der Waals surface area contributed by atoms with Crippen LogP contribution < -0.4 is 5.32 Å². The SMILES string of the molecule is CCN(CCCNCCC1CC1)S(C)(=O)=O. The van der Waals surface area contributed by atoms with Gasteiger partial charge in [0.1, 0.15) is 0 Å². The smallest absolute Gasteiger partial charge is 0.211 e. The van der Waals surface area contributed by atoms with Crippen molar-refractivity contribution in [1.29, 1.82) is 0 Å². The highest BCUT2D eigenvalue weighted by atomic mass is 32.2. The Kier molecular flexibility index (Phi) is 5.72. The minimum Gasteiger partial charge on any atom is -0.317 e. The first-order valence-electron chi connectivity index (χ1n) is 6.20. The van der Waals surface area contributed by atoms with Crippen LogP contribution in [-0.2, 0) is 10.0 Å². The topological polar surface area (TPSA) is 49.4 Å². The third-order valence-corrected chi connectivity index (χ3v) is 4.39. The highest BCUT2D eigenvalue weighted by molar-refractivity contribution is 7.88. The number of nitrogens with zero attached hydrogens (tertiary/aromatic N) is 1. The molecular weight excluding hydrogens is 224 g/mol. The Morgan fingerprint density at radius 1 is 1.31 bits per heavy atom. The van der Waals surface area contributed by atoms with E-state index in [9.17, 15) is 8.42 Å². The molecule has 1 saturated carbocycles. The minimum atomic E-state index is -3.01. The van der Waals surface area contributed by atoms with Gasteiger partial charge in [-0.25, -0.2) is 12.7 Å². The summed E-state index contributed by atoms with van der Waals surface area (Å²) in [6.45, 7) is 5.07. The predicted molar refractivity (Wildman–Crippen MR) is 66.9 cm³/mol. The fraction of sp³-hybridized carbons (Fsp3) is 1.00. The second-order valence-electron chi connectivity index (χ2n) is 4.59. The molecule has 0 unspecified atom stereocenters. The van der Waals surface area contributed by atoms with Gasteiger partial charge in [-0.15, -0.1) is 0 Å². The third kappa shape index (κ3) is 5.82. The molecule has 16 heavy (non-hydrogen) atoms. The molecule has 0 radical (unpaired) electrons. The van der Waals surface area contributed by atoms with Crippen molar-refractivity contribution < 1.29 is 8.42 Å². The zero-order valence-electron chi connectivity index (χ0n) is 10.4. The van der Waals surface area contributed by atoms with E-state index in [4.69, 9.17) is 0 Å². The number of nitrogens with one attached hydrogen (secondary N) is 1. The molecule has 0 aliphatic heterocycles. The first kappa shape index (κ1) is 13.9. The summed E-state index contributed by atoms with van der Waals surface area (Å²) in [5.74, 6) is 0.968. The lowest BCUT2D eigenvalue weighted by molar-refractivity contribution is 0.418. The summed E-state index contributed by atoms with van der Waals surface area (Å²) in [4.78, 5) is 0. The van der Waals surface area contributed by atoms with Gasteiger partial charge in [0.05, 0.1) is 6.26 Å². The Balaban J connectivity index is 1.99. The summed E-state index contributed by atoms with van der Waals surface area (Å²) in [5, 5.41) is 3.37. The van der Waals surface area contributed by atoms with Gasteiger partial charge < -0.3 is 5.32 Å². The standard InChI is InChI=1S/C11H24N2O2S/c1-3-13(16(2,14)15)10-4-8-12-9-7-11-5-6-11/h11-12H,3-10H2,1-2H3. The van der Waals surface area contributed by atoms with E-state index in [1.165, 1.54) is 29.8 Å². The highest BCUT2D eigenvalue weighted by Gasteiger charge is 2.19. The summed E-state index contributed by atoms with van der Waals surface area (Å²) in [5.41, 5.74) is 0. The molecule has 1 aliphatic carbocycles. The van der Waals surface area contributed by atoms with Crippen LogP contribution in [0.1, 0.15) is 32.6 Å². The zero-order valence-corrected chi connectivity index (χ0v) is 11.2. The number of sulfonamides is 1. The monoisotopic (exact) mass is 248 g/mol. The van der Waals surface area contributed by atoms with Gasteiger partial charge in [0.15, 0.2) is 0 Å². The van der Waals surface area contributed by atoms with Crippen molar-refractivity contribution in [2.24, 2.45) is 5.92 Å². The van der Waals surface area contributed by atoms with Crippen LogP contribution in [0.5, 0.6) is 0 Å². The van der Waals surface area contributed by atoms with Crippen molar-refractivity contribution in [2.75, 3.05) is 32.4 Å². The Bertz CT molecular complexity index is 286. The van der Waals surface area contributed by atoms with E-state index in [0.717, 1.165) is 25.4 Å². The summed E-state index contributed by atoms with van der Waals surface area (Å²) in [6.07, 6.45) is 6.25. The lowest BCUT2D eigenvalue weighted by atomic mass is 10.3. The molecular formula is C11H24N2O2S. The fourth-order valence-corrected chi connectivity index (χ4v) is 2.71. The molecule has 96 valence electrons. The number of rotatable bonds is 9. The Morgan fingerprint density at radius 3 is 2.50 bits per heavy atom. The molecule has 0 aromatic rings. The maximum absolute atomic E-state index is 11.3. The van der Waals surface area contributed by atoms with Gasteiger partial charge >= 0.3 is 0 Å². The predicted octanol–water partition coefficient (Wildman–Crippen LogP) is 1.05. The van der Waals surface area contributed by atoms with E-state index in [1.54, 1.807) is 0 Å². The summed E-state index contributed by atoms with van der Waals surface area (Å²) in [6, 6.07) is 0. The van der Waals surface area contributed by atoms with Crippen LogP contribution in [0.4, 0.5) is 0 Å². The molecule has 4 nitrogen and oxygen atoms in total. The van der Waals surface area contributed by atoms with Crippen LogP contribution in [0.25, 0.3) is 0 Å². The molecule has 0 aromatic carbocycles. The van der Waals surface area contributed by atoms with Gasteiger partial charge in [-0.1, -0.05) is 19.8 Å². The molecule has 0 amide bonds. The second-order valence-corrected chi connectivity index (χ2v) is 6.57. The molecule has 0 saturated heterocycles. The van der Waals surface area contributed by atoms with Gasteiger partial charge in [0.2, 0.25) is 10.0 Å². The normalized spacial score (nSPS) is 16.9. The quantitative estimate of drug-likeness (QED) is 0.620. The van der Waals surface area contributed by atoms with Crippen molar-refractivity contribution in [1.82, 2.24) is 9.62 Å². The minimum absolute atomic E-state index is 0.570. The van der Waals surface area contributed by atoms with Gasteiger partial charge in [-0.3, -0.25) is 0 Å². The van der Waals surface area contributed by atoms with E-state index in [-0.39, 0.29) is 0 Å². The fourth-order valence-electron chi connectivity index (χ4n) is 1.78. The van der Waals surface area contributed by atoms with Crippen molar-refractivity contribution in [3.63, 3.8) is 0 Å². The average molecular weight is 248 g/mol. The van der Waals surface area contributed by atoms with Gasteiger partial charge in [0, 0.05) is 13.1 Å². The lowest BCUT2D eigenvalue weighted by Crippen LogP contribution is -2.32. The molecule has 1 rings (SSSR count). The molecule has 1 aliphatic rings. The van der Waals surface area contributed by atoms with Crippen LogP contribution >= 0.6 is 0 Å². The second kappa shape index (κ2) is 6.57. The highest BCUT2D eigenvalue weighted by Crippen LogP contribution is 2.31. The van der Waals surface area contributed by atoms with Gasteiger partial charge in [-0.2, -0.15) is 0 Å². The molecule has 0 heterocycles. The van der Waals surface area contributed by atoms with E-state index in [1.807, 2.05) is 6.92 Å². The zero-order chi connectivity index (χ0) is 12.0. The van der Waals surface area contributed by atoms with Crippen molar-refractivity contribution in [3.05, 3.63) is 0 Å². The molecule has 5 heteroatoms. The summed E-state index contributed by atoms with van der Waals surface area (Å²) >= 11 is 0.